The van der Waals surface area contributed by atoms with Crippen molar-refractivity contribution in [2.24, 2.45) is 0 Å². The molecule has 0 aliphatic rings. The third-order valence-electron chi connectivity index (χ3n) is 3.72. The fourth-order valence-corrected chi connectivity index (χ4v) is 2.57. The molecule has 0 heterocycles. The van der Waals surface area contributed by atoms with Crippen LogP contribution in [0.2, 0.25) is 0 Å². The van der Waals surface area contributed by atoms with Gasteiger partial charge in [-0.3, -0.25) is 5.43 Å². The number of carbonyl (C=O) groups is 1. The largest absolute Gasteiger partial charge is 0.333 e. The number of hydrazine groups is 1. The minimum atomic E-state index is -0.252. The van der Waals surface area contributed by atoms with E-state index in [1.807, 2.05) is 71.7 Å². The average molecular weight is 331 g/mol. The molecule has 3 aromatic carbocycles. The van der Waals surface area contributed by atoms with Crippen LogP contribution in [0.3, 0.4) is 0 Å². The molecule has 0 saturated carbocycles. The molecule has 0 aromatic heterocycles. The van der Waals surface area contributed by atoms with Crippen LogP contribution in [0.1, 0.15) is 11.1 Å². The molecule has 0 aliphatic heterocycles. The number of nitrogens with zero attached hydrogens (tertiary/aromatic N) is 1. The van der Waals surface area contributed by atoms with E-state index in [1.165, 1.54) is 0 Å². The van der Waals surface area contributed by atoms with Gasteiger partial charge in [0.05, 0.1) is 0 Å². The van der Waals surface area contributed by atoms with Crippen LogP contribution in [0.5, 0.6) is 0 Å². The highest BCUT2D eigenvalue weighted by Crippen LogP contribution is 2.09. The number of anilines is 1. The van der Waals surface area contributed by atoms with Gasteiger partial charge in [0.15, 0.2) is 0 Å². The summed E-state index contributed by atoms with van der Waals surface area (Å²) in [6.07, 6.45) is 0. The lowest BCUT2D eigenvalue weighted by atomic mass is 10.2. The van der Waals surface area contributed by atoms with E-state index < -0.39 is 0 Å². The third-order valence-corrected chi connectivity index (χ3v) is 3.72. The van der Waals surface area contributed by atoms with Crippen molar-refractivity contribution >= 4 is 11.7 Å². The Hall–Kier alpha value is -3.11. The van der Waals surface area contributed by atoms with E-state index >= 15 is 0 Å². The third kappa shape index (κ3) is 5.48. The van der Waals surface area contributed by atoms with Gasteiger partial charge in [0.25, 0.3) is 0 Å². The van der Waals surface area contributed by atoms with E-state index in [9.17, 15) is 4.79 Å². The molecule has 126 valence electrons. The van der Waals surface area contributed by atoms with Crippen LogP contribution in [0.15, 0.2) is 91.0 Å². The lowest BCUT2D eigenvalue weighted by molar-refractivity contribution is 0.173. The van der Waals surface area contributed by atoms with Crippen LogP contribution in [0.25, 0.3) is 0 Å². The molecular weight excluding hydrogens is 310 g/mol. The molecule has 4 heteroatoms. The van der Waals surface area contributed by atoms with Gasteiger partial charge in [-0.25, -0.2) is 9.80 Å². The summed E-state index contributed by atoms with van der Waals surface area (Å²) < 4.78 is 0. The number of amides is 2. The second-order valence-corrected chi connectivity index (χ2v) is 5.76. The Balaban J connectivity index is 1.68. The van der Waals surface area contributed by atoms with Gasteiger partial charge >= 0.3 is 6.03 Å². The maximum atomic E-state index is 12.3. The molecule has 25 heavy (non-hydrogen) atoms. The van der Waals surface area contributed by atoms with E-state index in [2.05, 4.69) is 35.0 Å². The summed E-state index contributed by atoms with van der Waals surface area (Å²) >= 11 is 0. The smallest absolute Gasteiger partial charge is 0.307 e. The maximum Gasteiger partial charge on any atom is 0.333 e. The van der Waals surface area contributed by atoms with E-state index in [-0.39, 0.29) is 6.03 Å². The molecule has 0 spiro atoms. The molecule has 0 unspecified atom stereocenters. The van der Waals surface area contributed by atoms with Crippen molar-refractivity contribution in [2.75, 3.05) is 5.32 Å². The number of hydrogen-bond acceptors (Lipinski definition) is 2. The Labute approximate surface area is 148 Å². The Morgan fingerprint density at radius 2 is 1.12 bits per heavy atom. The van der Waals surface area contributed by atoms with Gasteiger partial charge in [-0.2, -0.15) is 0 Å². The molecule has 0 fully saturated rings. The molecule has 0 atom stereocenters. The number of para-hydroxylation sites is 1. The molecule has 0 bridgehead atoms. The van der Waals surface area contributed by atoms with Gasteiger partial charge in [-0.1, -0.05) is 78.9 Å². The van der Waals surface area contributed by atoms with Crippen LogP contribution < -0.4 is 10.7 Å². The van der Waals surface area contributed by atoms with Crippen molar-refractivity contribution < 1.29 is 4.79 Å². The van der Waals surface area contributed by atoms with Gasteiger partial charge in [0, 0.05) is 18.8 Å². The van der Waals surface area contributed by atoms with Gasteiger partial charge in [-0.15, -0.1) is 0 Å². The standard InChI is InChI=1S/C21H21N3O/c25-21(22-20-14-8-3-9-15-20)23-24(16-18-10-4-1-5-11-18)17-19-12-6-2-7-13-19/h1-15H,16-17H2,(H2,22,23,25). The fraction of sp³-hybridized carbons (Fsp3) is 0.0952. The maximum absolute atomic E-state index is 12.3. The summed E-state index contributed by atoms with van der Waals surface area (Å²) in [4.78, 5) is 12.3. The normalized spacial score (nSPS) is 10.4. The van der Waals surface area contributed by atoms with Crippen LogP contribution in [0, 0.1) is 0 Å². The average Bonchev–Trinajstić information content (AvgIpc) is 2.64. The first-order valence-electron chi connectivity index (χ1n) is 8.25. The number of benzene rings is 3. The SMILES string of the molecule is O=C(Nc1ccccc1)NN(Cc1ccccc1)Cc1ccccc1. The number of hydrogen-bond donors (Lipinski definition) is 2. The zero-order valence-corrected chi connectivity index (χ0v) is 13.9. The molecule has 3 rings (SSSR count). The van der Waals surface area contributed by atoms with Crippen molar-refractivity contribution in [3.05, 3.63) is 102 Å². The lowest BCUT2D eigenvalue weighted by Crippen LogP contribution is -2.43. The molecule has 0 saturated heterocycles. The van der Waals surface area contributed by atoms with E-state index in [0.29, 0.717) is 13.1 Å². The second kappa shape index (κ2) is 8.66. The van der Waals surface area contributed by atoms with Crippen molar-refractivity contribution in [3.8, 4) is 0 Å². The minimum Gasteiger partial charge on any atom is -0.307 e. The Kier molecular flexibility index (Phi) is 5.80. The number of nitrogens with one attached hydrogen (secondary N) is 2. The number of urea groups is 1. The van der Waals surface area contributed by atoms with E-state index in [4.69, 9.17) is 0 Å². The minimum absolute atomic E-state index is 0.252. The number of carbonyl (C=O) groups excluding carboxylic acids is 1. The summed E-state index contributed by atoms with van der Waals surface area (Å²) in [5, 5.41) is 4.76. The highest BCUT2D eigenvalue weighted by Gasteiger charge is 2.11. The zero-order chi connectivity index (χ0) is 17.3. The monoisotopic (exact) mass is 331 g/mol. The van der Waals surface area contributed by atoms with E-state index in [0.717, 1.165) is 16.8 Å². The molecule has 4 nitrogen and oxygen atoms in total. The predicted molar refractivity (Wildman–Crippen MR) is 101 cm³/mol. The highest BCUT2D eigenvalue weighted by molar-refractivity contribution is 5.88. The molecule has 0 radical (unpaired) electrons. The van der Waals surface area contributed by atoms with Crippen molar-refractivity contribution in [1.29, 1.82) is 0 Å². The van der Waals surface area contributed by atoms with Crippen LogP contribution in [-0.2, 0) is 13.1 Å². The summed E-state index contributed by atoms with van der Waals surface area (Å²) in [6.45, 7) is 1.25. The Bertz CT molecular complexity index is 735. The fourth-order valence-electron chi connectivity index (χ4n) is 2.57. The number of rotatable bonds is 6. The quantitative estimate of drug-likeness (QED) is 0.657. The van der Waals surface area contributed by atoms with Crippen LogP contribution >= 0.6 is 0 Å². The molecular formula is C21H21N3O. The first kappa shape index (κ1) is 16.7. The van der Waals surface area contributed by atoms with Crippen LogP contribution in [-0.4, -0.2) is 11.0 Å². The predicted octanol–water partition coefficient (Wildman–Crippen LogP) is 4.43. The van der Waals surface area contributed by atoms with E-state index in [1.54, 1.807) is 0 Å². The first-order chi connectivity index (χ1) is 12.3. The van der Waals surface area contributed by atoms with Crippen LogP contribution in [0.4, 0.5) is 10.5 Å². The van der Waals surface area contributed by atoms with Gasteiger partial charge < -0.3 is 5.32 Å². The topological polar surface area (TPSA) is 44.4 Å². The van der Waals surface area contributed by atoms with Gasteiger partial charge in [0.2, 0.25) is 0 Å². The zero-order valence-electron chi connectivity index (χ0n) is 13.9. The van der Waals surface area contributed by atoms with Crippen molar-refractivity contribution in [1.82, 2.24) is 10.4 Å². The Morgan fingerprint density at radius 3 is 1.60 bits per heavy atom. The van der Waals surface area contributed by atoms with Gasteiger partial charge in [-0.05, 0) is 23.3 Å². The second-order valence-electron chi connectivity index (χ2n) is 5.76. The summed E-state index contributed by atoms with van der Waals surface area (Å²) in [5.74, 6) is 0. The molecule has 2 amide bonds. The van der Waals surface area contributed by atoms with Crippen molar-refractivity contribution in [3.63, 3.8) is 0 Å². The summed E-state index contributed by atoms with van der Waals surface area (Å²) in [5.41, 5.74) is 5.98. The lowest BCUT2D eigenvalue weighted by Gasteiger charge is -2.23. The first-order valence-corrected chi connectivity index (χ1v) is 8.25. The molecule has 2 N–H and O–H groups in total. The Morgan fingerprint density at radius 1 is 0.680 bits per heavy atom. The van der Waals surface area contributed by atoms with Gasteiger partial charge in [0.1, 0.15) is 0 Å². The molecule has 3 aromatic rings. The highest BCUT2D eigenvalue weighted by atomic mass is 16.2. The summed E-state index contributed by atoms with van der Waals surface area (Å²) in [6, 6.07) is 29.3. The summed E-state index contributed by atoms with van der Waals surface area (Å²) in [7, 11) is 0. The van der Waals surface area contributed by atoms with Crippen molar-refractivity contribution in [2.45, 2.75) is 13.1 Å². The molecule has 0 aliphatic carbocycles.